The fraction of sp³-hybridized carbons (Fsp3) is 0.500. The number of amides is 3. The number of amidine groups is 2. The van der Waals surface area contributed by atoms with Crippen LogP contribution in [-0.2, 0) is 9.59 Å². The van der Waals surface area contributed by atoms with Crippen LogP contribution < -0.4 is 0 Å². The molecule has 0 aromatic carbocycles. The molecule has 3 aliphatic heterocycles. The van der Waals surface area contributed by atoms with Gasteiger partial charge in [0.1, 0.15) is 6.54 Å². The highest BCUT2D eigenvalue weighted by molar-refractivity contribution is 8.13. The Bertz CT molecular complexity index is 570. The van der Waals surface area contributed by atoms with Crippen molar-refractivity contribution in [3.63, 3.8) is 0 Å². The van der Waals surface area contributed by atoms with E-state index in [0.717, 1.165) is 15.8 Å². The van der Waals surface area contributed by atoms with Gasteiger partial charge in [-0.2, -0.15) is 0 Å². The van der Waals surface area contributed by atoms with Crippen molar-refractivity contribution in [3.8, 4) is 0 Å². The van der Waals surface area contributed by atoms with Gasteiger partial charge in [-0.3, -0.25) is 14.5 Å². The van der Waals surface area contributed by atoms with E-state index in [2.05, 4.69) is 4.99 Å². The zero-order valence-electron chi connectivity index (χ0n) is 10.1. The van der Waals surface area contributed by atoms with Crippen LogP contribution in [0.1, 0.15) is 0 Å². The van der Waals surface area contributed by atoms with Crippen molar-refractivity contribution in [2.45, 2.75) is 6.04 Å². The van der Waals surface area contributed by atoms with Gasteiger partial charge in [0, 0.05) is 12.8 Å². The van der Waals surface area contributed by atoms with Gasteiger partial charge in [0.2, 0.25) is 0 Å². The average Bonchev–Trinajstić information content (AvgIpc) is 2.91. The molecule has 3 rings (SSSR count). The molecule has 0 radical (unpaired) electrons. The van der Waals surface area contributed by atoms with Crippen molar-refractivity contribution in [2.75, 3.05) is 25.9 Å². The first kappa shape index (κ1) is 12.2. The second-order valence-electron chi connectivity index (χ2n) is 4.36. The zero-order valence-corrected chi connectivity index (χ0v) is 10.9. The highest BCUT2D eigenvalue weighted by Crippen LogP contribution is 2.26. The number of carboxylic acid groups (broad SMARTS) is 1. The van der Waals surface area contributed by atoms with Crippen LogP contribution in [0.4, 0.5) is 4.79 Å². The van der Waals surface area contributed by atoms with Crippen LogP contribution in [0.2, 0.25) is 0 Å². The fourth-order valence-corrected chi connectivity index (χ4v) is 3.34. The van der Waals surface area contributed by atoms with Gasteiger partial charge in [-0.25, -0.2) is 14.3 Å². The van der Waals surface area contributed by atoms with Gasteiger partial charge in [0.15, 0.2) is 0 Å². The SMILES string of the molecule is CN1C(=O)N(CC(=O)O)C(=O)C2C1=NC1=[N+]2CCS1. The summed E-state index contributed by atoms with van der Waals surface area (Å²) in [6.45, 7) is 0.0501. The van der Waals surface area contributed by atoms with Crippen LogP contribution in [0.5, 0.6) is 0 Å². The van der Waals surface area contributed by atoms with Crippen LogP contribution in [-0.4, -0.2) is 80.3 Å². The molecule has 1 N–H and O–H groups in total. The van der Waals surface area contributed by atoms with E-state index in [1.165, 1.54) is 23.7 Å². The average molecular weight is 283 g/mol. The van der Waals surface area contributed by atoms with Gasteiger partial charge >= 0.3 is 17.2 Å². The number of carboxylic acids is 1. The highest BCUT2D eigenvalue weighted by atomic mass is 32.2. The first-order chi connectivity index (χ1) is 9.00. The van der Waals surface area contributed by atoms with Crippen molar-refractivity contribution in [1.29, 1.82) is 0 Å². The molecule has 19 heavy (non-hydrogen) atoms. The number of imide groups is 1. The number of hydrogen-bond donors (Lipinski definition) is 1. The minimum atomic E-state index is -1.21. The Morgan fingerprint density at radius 1 is 1.58 bits per heavy atom. The lowest BCUT2D eigenvalue weighted by Crippen LogP contribution is -2.63. The van der Waals surface area contributed by atoms with Gasteiger partial charge in [-0.1, -0.05) is 0 Å². The van der Waals surface area contributed by atoms with E-state index in [1.54, 1.807) is 0 Å². The predicted octanol–water partition coefficient (Wildman–Crippen LogP) is -1.14. The molecule has 1 saturated heterocycles. The second kappa shape index (κ2) is 4.05. The summed E-state index contributed by atoms with van der Waals surface area (Å²) < 4.78 is 1.82. The lowest BCUT2D eigenvalue weighted by molar-refractivity contribution is -0.525. The molecule has 0 bridgehead atoms. The van der Waals surface area contributed by atoms with Gasteiger partial charge in [-0.05, 0) is 16.8 Å². The standard InChI is InChI=1S/C10H10N4O4S/c1-12-7-6(13-2-3-19-9(13)11-7)8(17)14(10(12)18)4-5(15)16/h6H,2-4H2,1H3/p+1. The monoisotopic (exact) mass is 283 g/mol. The Morgan fingerprint density at radius 2 is 2.32 bits per heavy atom. The molecule has 100 valence electrons. The third kappa shape index (κ3) is 1.65. The number of fused-ring (bicyclic) bond motifs is 2. The summed E-state index contributed by atoms with van der Waals surface area (Å²) in [7, 11) is 1.50. The number of nitrogens with zero attached hydrogens (tertiary/aromatic N) is 4. The number of rotatable bonds is 2. The quantitative estimate of drug-likeness (QED) is 0.647. The number of aliphatic carboxylic acids is 1. The minimum Gasteiger partial charge on any atom is -0.480 e. The molecule has 3 heterocycles. The minimum absolute atomic E-state index is 0.388. The fourth-order valence-electron chi connectivity index (χ4n) is 2.35. The van der Waals surface area contributed by atoms with Crippen LogP contribution in [0.3, 0.4) is 0 Å². The van der Waals surface area contributed by atoms with Crippen molar-refractivity contribution in [3.05, 3.63) is 0 Å². The summed E-state index contributed by atoms with van der Waals surface area (Å²) in [5.74, 6) is -0.499. The van der Waals surface area contributed by atoms with Gasteiger partial charge < -0.3 is 5.11 Å². The first-order valence-electron chi connectivity index (χ1n) is 5.66. The van der Waals surface area contributed by atoms with E-state index in [4.69, 9.17) is 5.11 Å². The molecular weight excluding hydrogens is 272 g/mol. The van der Waals surface area contributed by atoms with E-state index < -0.39 is 30.5 Å². The maximum Gasteiger partial charge on any atom is 0.358 e. The lowest BCUT2D eigenvalue weighted by Gasteiger charge is -2.31. The molecule has 0 aliphatic carbocycles. The topological polar surface area (TPSA) is 93.3 Å². The number of aliphatic imine (C=N–C) groups is 1. The predicted molar refractivity (Wildman–Crippen MR) is 66.3 cm³/mol. The van der Waals surface area contributed by atoms with Gasteiger partial charge in [0.05, 0.1) is 6.54 Å². The number of carbonyl (C=O) groups is 3. The van der Waals surface area contributed by atoms with Gasteiger partial charge in [0.25, 0.3) is 17.8 Å². The summed E-state index contributed by atoms with van der Waals surface area (Å²) in [5, 5.41) is 9.52. The Balaban J connectivity index is 1.99. The van der Waals surface area contributed by atoms with Crippen LogP contribution in [0.15, 0.2) is 4.99 Å². The third-order valence-corrected chi connectivity index (χ3v) is 4.20. The maximum atomic E-state index is 12.3. The number of carbonyl (C=O) groups excluding carboxylic acids is 2. The summed E-state index contributed by atoms with van der Waals surface area (Å²) in [5.41, 5.74) is 0. The van der Waals surface area contributed by atoms with Crippen molar-refractivity contribution in [1.82, 2.24) is 9.80 Å². The molecule has 8 nitrogen and oxygen atoms in total. The van der Waals surface area contributed by atoms with Crippen molar-refractivity contribution in [2.24, 2.45) is 4.99 Å². The largest absolute Gasteiger partial charge is 0.480 e. The molecule has 1 atom stereocenters. The smallest absolute Gasteiger partial charge is 0.358 e. The molecule has 9 heteroatoms. The Morgan fingerprint density at radius 3 is 3.00 bits per heavy atom. The van der Waals surface area contributed by atoms with E-state index in [-0.39, 0.29) is 0 Å². The van der Waals surface area contributed by atoms with Crippen molar-refractivity contribution >= 4 is 40.7 Å². The normalized spacial score (nSPS) is 25.7. The summed E-state index contributed by atoms with van der Waals surface area (Å²) in [4.78, 5) is 41.4. The third-order valence-electron chi connectivity index (χ3n) is 3.23. The molecule has 3 amide bonds. The van der Waals surface area contributed by atoms with E-state index in [0.29, 0.717) is 12.4 Å². The molecule has 0 spiro atoms. The number of thioether (sulfide) groups is 1. The highest BCUT2D eigenvalue weighted by Gasteiger charge is 2.55. The molecular formula is C10H11N4O4S+. The summed E-state index contributed by atoms with van der Waals surface area (Å²) in [6.07, 6.45) is 0. The molecule has 0 saturated carbocycles. The second-order valence-corrected chi connectivity index (χ2v) is 5.42. The molecule has 3 aliphatic rings. The number of urea groups is 1. The molecule has 0 aromatic heterocycles. The Kier molecular flexibility index (Phi) is 2.59. The van der Waals surface area contributed by atoms with Crippen LogP contribution in [0, 0.1) is 0 Å². The number of likely N-dealkylation sites (N-methyl/N-ethyl adjacent to an activating group) is 1. The number of hydrogen-bond acceptors (Lipinski definition) is 5. The van der Waals surface area contributed by atoms with E-state index >= 15 is 0 Å². The lowest BCUT2D eigenvalue weighted by atomic mass is 10.1. The van der Waals surface area contributed by atoms with E-state index in [1.807, 2.05) is 4.58 Å². The molecule has 1 fully saturated rings. The Hall–Kier alpha value is -1.90. The molecule has 0 aromatic rings. The van der Waals surface area contributed by atoms with E-state index in [9.17, 15) is 14.4 Å². The Labute approximate surface area is 112 Å². The maximum absolute atomic E-state index is 12.3. The van der Waals surface area contributed by atoms with Crippen molar-refractivity contribution < 1.29 is 24.1 Å². The first-order valence-corrected chi connectivity index (χ1v) is 6.65. The summed E-state index contributed by atoms with van der Waals surface area (Å²) >= 11 is 1.53. The zero-order chi connectivity index (χ0) is 13.7. The molecule has 1 unspecified atom stereocenters. The summed E-state index contributed by atoms with van der Waals surface area (Å²) in [6, 6.07) is -1.30. The van der Waals surface area contributed by atoms with Crippen LogP contribution in [0.25, 0.3) is 0 Å². The van der Waals surface area contributed by atoms with Crippen LogP contribution >= 0.6 is 11.8 Å². The van der Waals surface area contributed by atoms with Gasteiger partial charge in [-0.15, -0.1) is 0 Å².